The Bertz CT molecular complexity index is 3290. The zero-order chi connectivity index (χ0) is 98.7. The summed E-state index contributed by atoms with van der Waals surface area (Å²) in [6.07, 6.45) is -23.7. The summed E-state index contributed by atoms with van der Waals surface area (Å²) < 4.78 is 61.8. The lowest BCUT2D eigenvalue weighted by molar-refractivity contribution is -0.386. The molecule has 776 valence electrons. The number of carboxylic acids is 3. The lowest BCUT2D eigenvalue weighted by Crippen LogP contribution is -2.71. The highest BCUT2D eigenvalue weighted by Gasteiger charge is 2.63. The summed E-state index contributed by atoms with van der Waals surface area (Å²) in [5.74, 6) is -21.8. The summed E-state index contributed by atoms with van der Waals surface area (Å²) in [5.41, 5.74) is 0. The summed E-state index contributed by atoms with van der Waals surface area (Å²) in [4.78, 5) is 93.5. The van der Waals surface area contributed by atoms with E-state index in [2.05, 4.69) is 35.1 Å². The monoisotopic (exact) mass is 1930 g/mol. The lowest BCUT2D eigenvalue weighted by atomic mass is 9.88. The van der Waals surface area contributed by atoms with E-state index in [1.807, 2.05) is 0 Å². The van der Waals surface area contributed by atoms with Crippen molar-refractivity contribution >= 4 is 41.5 Å². The molecule has 32 atom stereocenters. The largest absolute Gasteiger partial charge is 0.477 e. The van der Waals surface area contributed by atoms with E-state index in [1.54, 1.807) is 0 Å². The number of amides is 4. The molecule has 0 spiro atoms. The molecule has 5 rings (SSSR count). The average Bonchev–Trinajstić information content (AvgIpc) is 0.761. The van der Waals surface area contributed by atoms with Crippen LogP contribution < -0.4 is 21.3 Å². The van der Waals surface area contributed by atoms with E-state index in [1.165, 1.54) is 109 Å². The molecular weight excluding hydrogens is 1770 g/mol. The van der Waals surface area contributed by atoms with Gasteiger partial charge in [0.25, 0.3) is 17.4 Å². The molecular formula is C87H156N4O42. The van der Waals surface area contributed by atoms with Crippen LogP contribution in [0, 0.1) is 0 Å². The molecule has 4 amide bonds. The van der Waals surface area contributed by atoms with Gasteiger partial charge in [-0.2, -0.15) is 0 Å². The number of aliphatic hydroxyl groups excluding tert-OH is 21. The fraction of sp³-hybridized carbons (Fsp3) is 0.920. The van der Waals surface area contributed by atoms with Gasteiger partial charge >= 0.3 is 17.9 Å². The topological polar surface area (TPSA) is 755 Å². The highest BCUT2D eigenvalue weighted by Crippen LogP contribution is 2.41. The van der Waals surface area contributed by atoms with Crippen LogP contribution in [0.1, 0.15) is 245 Å². The molecule has 0 aromatic heterocycles. The summed E-state index contributed by atoms with van der Waals surface area (Å²) in [6.45, 7) is -6.67. The van der Waals surface area contributed by atoms with Gasteiger partial charge in [0.2, 0.25) is 23.6 Å². The molecule has 0 saturated carbocycles. The van der Waals surface area contributed by atoms with Crippen LogP contribution >= 0.6 is 0 Å². The van der Waals surface area contributed by atoms with Gasteiger partial charge in [-0.1, -0.05) is 213 Å². The third kappa shape index (κ3) is 36.2. The van der Waals surface area contributed by atoms with E-state index >= 15 is 0 Å². The van der Waals surface area contributed by atoms with Crippen LogP contribution in [0.2, 0.25) is 0 Å². The minimum atomic E-state index is -3.51. The summed E-state index contributed by atoms with van der Waals surface area (Å²) in [7, 11) is 1.00. The maximum Gasteiger partial charge on any atom is 0.364 e. The van der Waals surface area contributed by atoms with Crippen molar-refractivity contribution in [2.75, 3.05) is 66.6 Å². The van der Waals surface area contributed by atoms with Gasteiger partial charge in [-0.25, -0.2) is 14.4 Å². The maximum atomic E-state index is 14.1. The van der Waals surface area contributed by atoms with Gasteiger partial charge in [-0.15, -0.1) is 0 Å². The fourth-order valence-electron chi connectivity index (χ4n) is 17.3. The molecule has 0 aromatic rings. The Hall–Kier alpha value is -4.99. The Kier molecular flexibility index (Phi) is 54.8. The van der Waals surface area contributed by atoms with Gasteiger partial charge in [0.15, 0.2) is 12.6 Å². The number of aliphatic hydroxyl groups is 21. The van der Waals surface area contributed by atoms with E-state index in [0.29, 0.717) is 12.8 Å². The molecule has 5 aliphatic rings. The molecule has 46 heteroatoms. The Morgan fingerprint density at radius 1 is 0.406 bits per heavy atom. The zero-order valence-electron chi connectivity index (χ0n) is 76.6. The predicted molar refractivity (Wildman–Crippen MR) is 459 cm³/mol. The Balaban J connectivity index is 1.26. The van der Waals surface area contributed by atoms with Gasteiger partial charge in [-0.05, 0) is 12.8 Å². The normalized spacial score (nSPS) is 31.5. The van der Waals surface area contributed by atoms with Crippen molar-refractivity contribution in [2.45, 2.75) is 439 Å². The van der Waals surface area contributed by atoms with Crippen LogP contribution in [0.15, 0.2) is 0 Å². The van der Waals surface area contributed by atoms with E-state index in [0.717, 1.165) is 84.2 Å². The smallest absolute Gasteiger partial charge is 0.364 e. The van der Waals surface area contributed by atoms with Crippen molar-refractivity contribution in [1.82, 2.24) is 21.3 Å². The number of carboxylic acid groups (broad SMARTS) is 3. The second-order valence-corrected chi connectivity index (χ2v) is 35.6. The SMILES string of the molecule is CCCCCCCCCCCCCCCCCCCCCCC(O)C(=O)NC(COC1OC(CO)C(OC2OC(CO)C(O)C(OC3(C(=O)O)CC(O)C(NC(=O)COC4(C(=O)O)CC(O)C(NC(=O)COC5(C(=O)O)CC(O)C(NC(=O)CO)C(C(O)C(CO)OC)O5)C(C(O)C(O)CO)O4)C(C(O)C(O)CO)O3)C2O)C(O)C1O)C(O)C(O)CCCCCCCCCCCCC. The molecule has 5 fully saturated rings. The van der Waals surface area contributed by atoms with Crippen LogP contribution in [0.4, 0.5) is 0 Å². The molecule has 0 aromatic carbocycles. The van der Waals surface area contributed by atoms with Crippen LogP contribution in [-0.4, -0.2) is 425 Å². The van der Waals surface area contributed by atoms with E-state index in [-0.39, 0.29) is 12.8 Å². The first-order valence-corrected chi connectivity index (χ1v) is 47.3. The molecule has 46 nitrogen and oxygen atoms in total. The van der Waals surface area contributed by atoms with Gasteiger partial charge < -0.3 is 196 Å². The first kappa shape index (κ1) is 118. The Labute approximate surface area is 774 Å². The molecule has 0 aliphatic carbocycles. The third-order valence-corrected chi connectivity index (χ3v) is 25.3. The molecule has 5 aliphatic heterocycles. The predicted octanol–water partition coefficient (Wildman–Crippen LogP) is -4.80. The van der Waals surface area contributed by atoms with Crippen LogP contribution in [-0.2, 0) is 85.7 Å². The average molecular weight is 1930 g/mol. The number of hydrogen-bond donors (Lipinski definition) is 28. The lowest BCUT2D eigenvalue weighted by Gasteiger charge is -2.50. The van der Waals surface area contributed by atoms with E-state index in [9.17, 15) is 156 Å². The molecule has 0 bridgehead atoms. The van der Waals surface area contributed by atoms with Crippen molar-refractivity contribution in [3.63, 3.8) is 0 Å². The number of nitrogens with one attached hydrogen (secondary N) is 4. The zero-order valence-corrected chi connectivity index (χ0v) is 76.6. The van der Waals surface area contributed by atoms with E-state index < -0.39 is 315 Å². The van der Waals surface area contributed by atoms with Crippen molar-refractivity contribution in [1.29, 1.82) is 0 Å². The quantitative estimate of drug-likeness (QED) is 0.0254. The minimum absolute atomic E-state index is 0.0583. The Morgan fingerprint density at radius 3 is 1.15 bits per heavy atom. The first-order valence-electron chi connectivity index (χ1n) is 47.3. The molecule has 5 saturated heterocycles. The Morgan fingerprint density at radius 2 is 0.774 bits per heavy atom. The van der Waals surface area contributed by atoms with Gasteiger partial charge in [0.05, 0.1) is 88.2 Å². The number of ether oxygens (including phenoxy) is 11. The molecule has 28 N–H and O–H groups in total. The third-order valence-electron chi connectivity index (χ3n) is 25.3. The molecule has 133 heavy (non-hydrogen) atoms. The maximum absolute atomic E-state index is 14.1. The van der Waals surface area contributed by atoms with Crippen molar-refractivity contribution in [2.24, 2.45) is 0 Å². The number of aliphatic carboxylic acids is 3. The van der Waals surface area contributed by atoms with Crippen molar-refractivity contribution in [3.05, 3.63) is 0 Å². The summed E-state index contributed by atoms with van der Waals surface area (Å²) in [5, 5.41) is 273. The first-order chi connectivity index (χ1) is 63.4. The highest BCUT2D eigenvalue weighted by molar-refractivity contribution is 5.82. The van der Waals surface area contributed by atoms with Gasteiger partial charge in [-0.3, -0.25) is 19.2 Å². The molecule has 5 heterocycles. The molecule has 0 radical (unpaired) electrons. The van der Waals surface area contributed by atoms with Crippen molar-refractivity contribution < 1.29 is 208 Å². The second kappa shape index (κ2) is 61.6. The van der Waals surface area contributed by atoms with Crippen LogP contribution in [0.25, 0.3) is 0 Å². The standard InChI is InChI=1S/C87H156N4O42/c1-4-6-8-10-12-14-16-17-18-19-20-21-22-23-24-26-28-30-32-34-36-51(99)79(116)88-49(66(108)50(98)35-33-31-29-27-25-15-13-11-9-7-5-2)46-124-80-72(114)71(113)74(59(44-96)128-80)129-81-73(115)78(70(112)58(43-95)127-81)133-87(84(121)122)39-54(102)64(76(132-87)68(110)56(104)41-93)91-62(107)47-125-85(82(117)118)37-52(100)63(75(130-85)67(109)55(103)40-92)90-61(106)48-126-86(83(119)120)38-53(101)65(89-60(105)45-97)77(131-86)69(111)57(42-94)123-3/h49-59,63-78,80-81,92-104,108-115H,4-48H2,1-3H3,(H,88,116)(H,89,105)(H,90,106)(H,91,107)(H,117,118)(H,119,120)(H,121,122). The number of unbranched alkanes of at least 4 members (excludes halogenated alkanes) is 29. The number of rotatable bonds is 69. The van der Waals surface area contributed by atoms with Crippen LogP contribution in [0.5, 0.6) is 0 Å². The molecule has 32 unspecified atom stereocenters. The number of carbonyl (C=O) groups excluding carboxylic acids is 4. The van der Waals surface area contributed by atoms with Crippen LogP contribution in [0.3, 0.4) is 0 Å². The second-order valence-electron chi connectivity index (χ2n) is 35.6. The summed E-state index contributed by atoms with van der Waals surface area (Å²) in [6, 6.07) is -7.65. The van der Waals surface area contributed by atoms with E-state index in [4.69, 9.17) is 52.1 Å². The fourth-order valence-corrected chi connectivity index (χ4v) is 17.3. The number of methoxy groups -OCH3 is 1. The highest BCUT2D eigenvalue weighted by atomic mass is 16.8. The van der Waals surface area contributed by atoms with Crippen molar-refractivity contribution in [3.8, 4) is 0 Å². The van der Waals surface area contributed by atoms with Gasteiger partial charge in [0.1, 0.15) is 136 Å². The minimum Gasteiger partial charge on any atom is -0.477 e. The summed E-state index contributed by atoms with van der Waals surface area (Å²) >= 11 is 0. The number of carbonyl (C=O) groups is 7. The van der Waals surface area contributed by atoms with Gasteiger partial charge in [0, 0.05) is 26.4 Å². The number of hydrogen-bond acceptors (Lipinski definition) is 39.